The number of carbonyl (C=O) groups excluding carboxylic acids is 1. The Kier molecular flexibility index (Phi) is 7.75. The standard InChI is InChI=1S/C24H26Cl2N4O3S/c1-15-8-16(2)10-21(9-15)29(34(5,32)33)14-24(31)28-27-13-19-11-17(3)30(18(19)4)20-6-7-22(25)23(26)12-20/h6-13H,14H2,1-5H3,(H,28,31)/b27-13+. The summed E-state index contributed by atoms with van der Waals surface area (Å²) >= 11 is 12.2. The van der Waals surface area contributed by atoms with Gasteiger partial charge in [0, 0.05) is 22.6 Å². The summed E-state index contributed by atoms with van der Waals surface area (Å²) in [5.41, 5.74) is 8.14. The zero-order valence-corrected chi connectivity index (χ0v) is 21.9. The van der Waals surface area contributed by atoms with Gasteiger partial charge in [0.15, 0.2) is 0 Å². The van der Waals surface area contributed by atoms with Crippen LogP contribution in [0.2, 0.25) is 10.0 Å². The lowest BCUT2D eigenvalue weighted by Crippen LogP contribution is -2.39. The number of carbonyl (C=O) groups is 1. The summed E-state index contributed by atoms with van der Waals surface area (Å²) in [5.74, 6) is -0.556. The van der Waals surface area contributed by atoms with Gasteiger partial charge in [0.1, 0.15) is 6.54 Å². The van der Waals surface area contributed by atoms with Crippen LogP contribution in [0.3, 0.4) is 0 Å². The van der Waals surface area contributed by atoms with Crippen LogP contribution in [0.4, 0.5) is 5.69 Å². The Labute approximate surface area is 210 Å². The summed E-state index contributed by atoms with van der Waals surface area (Å²) in [6.07, 6.45) is 2.59. The molecule has 3 aromatic rings. The number of amides is 1. The number of anilines is 1. The topological polar surface area (TPSA) is 83.8 Å². The molecule has 2 aromatic carbocycles. The smallest absolute Gasteiger partial charge is 0.260 e. The first-order valence-corrected chi connectivity index (χ1v) is 13.0. The fourth-order valence-electron chi connectivity index (χ4n) is 3.77. The van der Waals surface area contributed by atoms with Gasteiger partial charge in [-0.25, -0.2) is 13.8 Å². The lowest BCUT2D eigenvalue weighted by molar-refractivity contribution is -0.119. The molecule has 0 unspecified atom stereocenters. The van der Waals surface area contributed by atoms with E-state index >= 15 is 0 Å². The number of hydrogen-bond acceptors (Lipinski definition) is 4. The Morgan fingerprint density at radius 3 is 2.26 bits per heavy atom. The average molecular weight is 521 g/mol. The van der Waals surface area contributed by atoms with E-state index in [0.29, 0.717) is 15.7 Å². The number of benzene rings is 2. The van der Waals surface area contributed by atoms with Crippen LogP contribution in [0.1, 0.15) is 28.1 Å². The van der Waals surface area contributed by atoms with E-state index in [1.807, 2.05) is 50.5 Å². The second-order valence-corrected chi connectivity index (χ2v) is 10.9. The van der Waals surface area contributed by atoms with E-state index in [9.17, 15) is 13.2 Å². The Morgan fingerprint density at radius 1 is 1.03 bits per heavy atom. The van der Waals surface area contributed by atoms with Crippen LogP contribution in [0.15, 0.2) is 47.6 Å². The number of hydrogen-bond donors (Lipinski definition) is 1. The number of aromatic nitrogens is 1. The minimum atomic E-state index is -3.67. The Morgan fingerprint density at radius 2 is 1.68 bits per heavy atom. The maximum Gasteiger partial charge on any atom is 0.260 e. The van der Waals surface area contributed by atoms with Crippen molar-refractivity contribution in [2.24, 2.45) is 5.10 Å². The zero-order chi connectivity index (χ0) is 25.2. The molecule has 0 aliphatic heterocycles. The van der Waals surface area contributed by atoms with E-state index in [1.165, 1.54) is 6.21 Å². The normalized spacial score (nSPS) is 11.7. The fraction of sp³-hybridized carbons (Fsp3) is 0.250. The van der Waals surface area contributed by atoms with Gasteiger partial charge in [0.25, 0.3) is 5.91 Å². The summed E-state index contributed by atoms with van der Waals surface area (Å²) in [7, 11) is -3.67. The number of halogens is 2. The first-order valence-electron chi connectivity index (χ1n) is 10.4. The third-order valence-electron chi connectivity index (χ3n) is 5.21. The van der Waals surface area contributed by atoms with Crippen molar-refractivity contribution in [2.45, 2.75) is 27.7 Å². The molecular formula is C24H26Cl2N4O3S. The van der Waals surface area contributed by atoms with E-state index in [2.05, 4.69) is 10.5 Å². The van der Waals surface area contributed by atoms with Crippen molar-refractivity contribution in [3.05, 3.63) is 80.6 Å². The van der Waals surface area contributed by atoms with Crippen LogP contribution in [0.5, 0.6) is 0 Å². The predicted molar refractivity (Wildman–Crippen MR) is 139 cm³/mol. The molecule has 0 saturated carbocycles. The van der Waals surface area contributed by atoms with Gasteiger partial charge in [0.05, 0.1) is 28.2 Å². The van der Waals surface area contributed by atoms with Gasteiger partial charge < -0.3 is 4.57 Å². The minimum Gasteiger partial charge on any atom is -0.318 e. The Hall–Kier alpha value is -2.81. The molecule has 3 rings (SSSR count). The molecule has 1 heterocycles. The molecule has 0 atom stereocenters. The molecule has 0 spiro atoms. The largest absolute Gasteiger partial charge is 0.318 e. The van der Waals surface area contributed by atoms with Crippen molar-refractivity contribution in [1.29, 1.82) is 0 Å². The van der Waals surface area contributed by atoms with Crippen molar-refractivity contribution >= 4 is 51.0 Å². The van der Waals surface area contributed by atoms with Gasteiger partial charge in [-0.2, -0.15) is 5.10 Å². The van der Waals surface area contributed by atoms with Crippen LogP contribution in [0.25, 0.3) is 5.69 Å². The van der Waals surface area contributed by atoms with Crippen molar-refractivity contribution in [3.8, 4) is 5.69 Å². The highest BCUT2D eigenvalue weighted by Crippen LogP contribution is 2.27. The lowest BCUT2D eigenvalue weighted by Gasteiger charge is -2.22. The van der Waals surface area contributed by atoms with Crippen molar-refractivity contribution < 1.29 is 13.2 Å². The molecule has 10 heteroatoms. The highest BCUT2D eigenvalue weighted by Gasteiger charge is 2.21. The van der Waals surface area contributed by atoms with Crippen molar-refractivity contribution in [3.63, 3.8) is 0 Å². The quantitative estimate of drug-likeness (QED) is 0.353. The van der Waals surface area contributed by atoms with E-state index < -0.39 is 15.9 Å². The predicted octanol–water partition coefficient (Wildman–Crippen LogP) is 4.93. The second-order valence-electron chi connectivity index (χ2n) is 8.17. The molecule has 0 bridgehead atoms. The summed E-state index contributed by atoms with van der Waals surface area (Å²) in [6, 6.07) is 12.7. The molecule has 0 radical (unpaired) electrons. The molecule has 180 valence electrons. The molecule has 34 heavy (non-hydrogen) atoms. The highest BCUT2D eigenvalue weighted by atomic mass is 35.5. The molecule has 1 amide bonds. The first-order chi connectivity index (χ1) is 15.9. The minimum absolute atomic E-state index is 0.388. The van der Waals surface area contributed by atoms with Gasteiger partial charge >= 0.3 is 0 Å². The summed E-state index contributed by atoms with van der Waals surface area (Å²) in [5, 5.41) is 4.97. The maximum absolute atomic E-state index is 12.5. The first kappa shape index (κ1) is 25.8. The van der Waals surface area contributed by atoms with E-state index in [4.69, 9.17) is 23.2 Å². The SMILES string of the molecule is Cc1cc(C)cc(N(CC(=O)N/N=C/c2cc(C)n(-c3ccc(Cl)c(Cl)c3)c2C)S(C)(=O)=O)c1. The van der Waals surface area contributed by atoms with E-state index in [-0.39, 0.29) is 6.54 Å². The fourth-order valence-corrected chi connectivity index (χ4v) is 4.91. The zero-order valence-electron chi connectivity index (χ0n) is 19.6. The van der Waals surface area contributed by atoms with Gasteiger partial charge in [-0.05, 0) is 75.2 Å². The van der Waals surface area contributed by atoms with Crippen LogP contribution in [-0.2, 0) is 14.8 Å². The summed E-state index contributed by atoms with van der Waals surface area (Å²) in [4.78, 5) is 12.5. The van der Waals surface area contributed by atoms with Crippen LogP contribution >= 0.6 is 23.2 Å². The van der Waals surface area contributed by atoms with Crippen LogP contribution < -0.4 is 9.73 Å². The van der Waals surface area contributed by atoms with Gasteiger partial charge in [-0.3, -0.25) is 9.10 Å². The van der Waals surface area contributed by atoms with E-state index in [1.54, 1.807) is 24.3 Å². The Balaban J connectivity index is 1.77. The third-order valence-corrected chi connectivity index (χ3v) is 7.09. The van der Waals surface area contributed by atoms with Crippen molar-refractivity contribution in [1.82, 2.24) is 9.99 Å². The third kappa shape index (κ3) is 6.00. The maximum atomic E-state index is 12.5. The summed E-state index contributed by atoms with van der Waals surface area (Å²) in [6.45, 7) is 7.22. The average Bonchev–Trinajstić information content (AvgIpc) is 3.00. The Bertz CT molecular complexity index is 1360. The van der Waals surface area contributed by atoms with Gasteiger partial charge in [0.2, 0.25) is 10.0 Å². The molecular weight excluding hydrogens is 495 g/mol. The molecule has 0 fully saturated rings. The van der Waals surface area contributed by atoms with Crippen molar-refractivity contribution in [2.75, 3.05) is 17.1 Å². The van der Waals surface area contributed by atoms with Gasteiger partial charge in [-0.1, -0.05) is 29.3 Å². The number of aryl methyl sites for hydroxylation is 3. The molecule has 0 aliphatic rings. The van der Waals surface area contributed by atoms with Gasteiger partial charge in [-0.15, -0.1) is 0 Å². The number of nitrogens with zero attached hydrogens (tertiary/aromatic N) is 3. The van der Waals surface area contributed by atoms with Crippen LogP contribution in [-0.4, -0.2) is 37.9 Å². The molecule has 0 aliphatic carbocycles. The molecule has 1 aromatic heterocycles. The summed E-state index contributed by atoms with van der Waals surface area (Å²) < 4.78 is 27.7. The lowest BCUT2D eigenvalue weighted by atomic mass is 10.1. The number of rotatable bonds is 7. The second kappa shape index (κ2) is 10.2. The molecule has 7 nitrogen and oxygen atoms in total. The number of sulfonamides is 1. The highest BCUT2D eigenvalue weighted by molar-refractivity contribution is 7.92. The number of hydrazone groups is 1. The molecule has 1 N–H and O–H groups in total. The monoisotopic (exact) mass is 520 g/mol. The number of nitrogens with one attached hydrogen (secondary N) is 1. The van der Waals surface area contributed by atoms with E-state index in [0.717, 1.165) is 44.3 Å². The van der Waals surface area contributed by atoms with Crippen LogP contribution in [0, 0.1) is 27.7 Å². The molecule has 0 saturated heterocycles.